The maximum atomic E-state index is 12.6. The Kier molecular flexibility index (Phi) is 5.86. The molecular weight excluding hydrogens is 342 g/mol. The van der Waals surface area contributed by atoms with E-state index in [1.54, 1.807) is 18.0 Å². The fourth-order valence-electron chi connectivity index (χ4n) is 3.20. The van der Waals surface area contributed by atoms with Gasteiger partial charge in [0.1, 0.15) is 4.70 Å². The van der Waals surface area contributed by atoms with Gasteiger partial charge in [-0.3, -0.25) is 9.36 Å². The van der Waals surface area contributed by atoms with E-state index in [1.807, 2.05) is 11.4 Å². The van der Waals surface area contributed by atoms with Crippen LogP contribution in [0, 0.1) is 0 Å². The van der Waals surface area contributed by atoms with Gasteiger partial charge in [0.05, 0.1) is 24.5 Å². The minimum Gasteiger partial charge on any atom is -0.380 e. The molecule has 1 aliphatic heterocycles. The van der Waals surface area contributed by atoms with Gasteiger partial charge in [-0.15, -0.1) is 11.3 Å². The highest BCUT2D eigenvalue weighted by Gasteiger charge is 2.25. The molecule has 2 unspecified atom stereocenters. The predicted octanol–water partition coefficient (Wildman–Crippen LogP) is 2.32. The molecule has 7 heteroatoms. The first kappa shape index (κ1) is 17.8. The summed E-state index contributed by atoms with van der Waals surface area (Å²) in [5, 5.41) is 5.51. The van der Waals surface area contributed by atoms with Crippen molar-refractivity contribution in [3.05, 3.63) is 28.1 Å². The molecule has 1 fully saturated rings. The Morgan fingerprint density at radius 3 is 3.12 bits per heavy atom. The summed E-state index contributed by atoms with van der Waals surface area (Å²) in [6, 6.07) is 2.23. The summed E-state index contributed by atoms with van der Waals surface area (Å²) >= 11 is 1.47. The Balaban J connectivity index is 1.82. The lowest BCUT2D eigenvalue weighted by Crippen LogP contribution is -2.47. The molecule has 5 nitrogen and oxygen atoms in total. The third kappa shape index (κ3) is 3.79. The van der Waals surface area contributed by atoms with Crippen LogP contribution < -0.4 is 10.9 Å². The van der Waals surface area contributed by atoms with Crippen LogP contribution in [0.2, 0.25) is 0 Å². The number of thiophene rings is 1. The van der Waals surface area contributed by atoms with E-state index in [0.29, 0.717) is 12.6 Å². The zero-order valence-corrected chi connectivity index (χ0v) is 16.1. The number of fused-ring (bicyclic) bond motifs is 1. The molecule has 0 aromatic carbocycles. The Labute approximate surface area is 149 Å². The van der Waals surface area contributed by atoms with Crippen molar-refractivity contribution in [1.82, 2.24) is 14.9 Å². The summed E-state index contributed by atoms with van der Waals surface area (Å²) in [7, 11) is 1.92. The maximum Gasteiger partial charge on any atom is 0.271 e. The van der Waals surface area contributed by atoms with Crippen molar-refractivity contribution < 1.29 is 4.74 Å². The van der Waals surface area contributed by atoms with Crippen LogP contribution in [0.4, 0.5) is 0 Å². The van der Waals surface area contributed by atoms with E-state index < -0.39 is 0 Å². The number of methoxy groups -OCH3 is 1. The van der Waals surface area contributed by atoms with Gasteiger partial charge < -0.3 is 10.1 Å². The van der Waals surface area contributed by atoms with Crippen LogP contribution in [0.15, 0.2) is 22.6 Å². The van der Waals surface area contributed by atoms with Gasteiger partial charge in [0, 0.05) is 13.2 Å². The van der Waals surface area contributed by atoms with E-state index in [1.165, 1.54) is 16.2 Å². The van der Waals surface area contributed by atoms with Crippen molar-refractivity contribution in [2.75, 3.05) is 26.2 Å². The first-order valence-corrected chi connectivity index (χ1v) is 11.1. The third-order valence-corrected chi connectivity index (χ3v) is 6.97. The van der Waals surface area contributed by atoms with Crippen molar-refractivity contribution in [2.45, 2.75) is 38.0 Å². The highest BCUT2D eigenvalue weighted by molar-refractivity contribution is 8.14. The minimum atomic E-state index is 0.0674. The standard InChI is InChI=1S/C17H25N3O2S2/c1-22-15-5-4-7-18-14(15)9-12(24(2)3)10-20-11-19-13-6-8-23-16(13)17(20)21/h6,8,11,14-15,18H,4-5,7,9-10H2,1-3H3. The molecule has 24 heavy (non-hydrogen) atoms. The first-order chi connectivity index (χ1) is 11.6. The van der Waals surface area contributed by atoms with Gasteiger partial charge in [-0.2, -0.15) is 10.5 Å². The zero-order chi connectivity index (χ0) is 17.1. The number of aromatic nitrogens is 2. The lowest BCUT2D eigenvalue weighted by molar-refractivity contribution is 0.0478. The number of hydrogen-bond donors (Lipinski definition) is 1. The topological polar surface area (TPSA) is 56.1 Å². The van der Waals surface area contributed by atoms with Crippen LogP contribution in [0.5, 0.6) is 0 Å². The van der Waals surface area contributed by atoms with Crippen LogP contribution in [0.25, 0.3) is 10.2 Å². The minimum absolute atomic E-state index is 0.0674. The van der Waals surface area contributed by atoms with Crippen molar-refractivity contribution >= 4 is 36.9 Å². The molecule has 0 spiro atoms. The van der Waals surface area contributed by atoms with E-state index in [2.05, 4.69) is 22.8 Å². The summed E-state index contributed by atoms with van der Waals surface area (Å²) in [6.07, 6.45) is 9.60. The number of ether oxygens (including phenoxy) is 1. The number of rotatable bonds is 5. The maximum absolute atomic E-state index is 12.6. The van der Waals surface area contributed by atoms with Crippen molar-refractivity contribution in [3.8, 4) is 0 Å². The highest BCUT2D eigenvalue weighted by Crippen LogP contribution is 2.19. The van der Waals surface area contributed by atoms with E-state index >= 15 is 0 Å². The predicted molar refractivity (Wildman–Crippen MR) is 105 cm³/mol. The second kappa shape index (κ2) is 7.91. The molecule has 3 heterocycles. The van der Waals surface area contributed by atoms with Crippen LogP contribution in [0.1, 0.15) is 19.3 Å². The molecule has 2 aromatic heterocycles. The SMILES string of the molecule is COC1CCCNC1CC(Cn1cnc2ccsc2c1=O)=S(C)C. The molecule has 0 aliphatic carbocycles. The molecule has 2 aromatic rings. The van der Waals surface area contributed by atoms with Crippen LogP contribution in [0.3, 0.4) is 0 Å². The largest absolute Gasteiger partial charge is 0.380 e. The fraction of sp³-hybridized carbons (Fsp3) is 0.588. The quantitative estimate of drug-likeness (QED) is 0.824. The van der Waals surface area contributed by atoms with Crippen molar-refractivity contribution in [1.29, 1.82) is 0 Å². The van der Waals surface area contributed by atoms with Gasteiger partial charge >= 0.3 is 0 Å². The second-order valence-electron chi connectivity index (χ2n) is 6.35. The first-order valence-electron chi connectivity index (χ1n) is 8.21. The van der Waals surface area contributed by atoms with E-state index in [-0.39, 0.29) is 22.1 Å². The highest BCUT2D eigenvalue weighted by atomic mass is 32.2. The van der Waals surface area contributed by atoms with Crippen LogP contribution >= 0.6 is 21.8 Å². The molecular formula is C17H25N3O2S2. The molecule has 0 saturated carbocycles. The lowest BCUT2D eigenvalue weighted by atomic mass is 9.97. The Morgan fingerprint density at radius 1 is 1.54 bits per heavy atom. The van der Waals surface area contributed by atoms with Crippen molar-refractivity contribution in [3.63, 3.8) is 0 Å². The number of hydrogen-bond acceptors (Lipinski definition) is 5. The summed E-state index contributed by atoms with van der Waals surface area (Å²) in [6.45, 7) is 1.69. The van der Waals surface area contributed by atoms with Gasteiger partial charge in [-0.25, -0.2) is 4.98 Å². The molecule has 3 rings (SSSR count). The third-order valence-electron chi connectivity index (χ3n) is 4.63. The second-order valence-corrected chi connectivity index (χ2v) is 9.48. The monoisotopic (exact) mass is 367 g/mol. The molecule has 132 valence electrons. The average molecular weight is 368 g/mol. The van der Waals surface area contributed by atoms with Gasteiger partial charge in [0.2, 0.25) is 0 Å². The van der Waals surface area contributed by atoms with Crippen molar-refractivity contribution in [2.24, 2.45) is 0 Å². The average Bonchev–Trinajstić information content (AvgIpc) is 3.06. The van der Waals surface area contributed by atoms with Crippen LogP contribution in [-0.2, 0) is 11.3 Å². The summed E-state index contributed by atoms with van der Waals surface area (Å²) < 4.78 is 8.15. The fourth-order valence-corrected chi connectivity index (χ4v) is 4.90. The number of piperidine rings is 1. The number of nitrogens with one attached hydrogen (secondary N) is 1. The molecule has 1 N–H and O–H groups in total. The van der Waals surface area contributed by atoms with Gasteiger partial charge in [-0.05, 0) is 54.6 Å². The Morgan fingerprint density at radius 2 is 2.38 bits per heavy atom. The smallest absolute Gasteiger partial charge is 0.271 e. The van der Waals surface area contributed by atoms with E-state index in [0.717, 1.165) is 36.0 Å². The summed E-state index contributed by atoms with van der Waals surface area (Å²) in [4.78, 5) is 18.4. The lowest BCUT2D eigenvalue weighted by Gasteiger charge is -2.32. The van der Waals surface area contributed by atoms with Crippen LogP contribution in [-0.4, -0.2) is 52.7 Å². The van der Waals surface area contributed by atoms with Gasteiger partial charge in [0.25, 0.3) is 5.56 Å². The Hall–Kier alpha value is -1.02. The molecule has 0 bridgehead atoms. The van der Waals surface area contributed by atoms with E-state index in [4.69, 9.17) is 4.74 Å². The van der Waals surface area contributed by atoms with Gasteiger partial charge in [-0.1, -0.05) is 0 Å². The molecule has 1 saturated heterocycles. The zero-order valence-electron chi connectivity index (χ0n) is 14.4. The Bertz CT molecular complexity index is 792. The molecule has 1 aliphatic rings. The van der Waals surface area contributed by atoms with Gasteiger partial charge in [0.15, 0.2) is 0 Å². The summed E-state index contributed by atoms with van der Waals surface area (Å²) in [5.74, 6) is 0. The number of nitrogens with zero attached hydrogens (tertiary/aromatic N) is 2. The van der Waals surface area contributed by atoms with E-state index in [9.17, 15) is 4.79 Å². The molecule has 2 atom stereocenters. The molecule has 0 radical (unpaired) electrons. The normalized spacial score (nSPS) is 21.5. The molecule has 0 amide bonds. The summed E-state index contributed by atoms with van der Waals surface area (Å²) in [5.41, 5.74) is 0.862.